The Bertz CT molecular complexity index is 490. The van der Waals surface area contributed by atoms with E-state index in [1.165, 1.54) is 0 Å². The molecule has 4 heterocycles. The van der Waals surface area contributed by atoms with Gasteiger partial charge in [0.2, 0.25) is 5.91 Å². The number of pyridine rings is 1. The van der Waals surface area contributed by atoms with E-state index < -0.39 is 0 Å². The lowest BCUT2D eigenvalue weighted by Gasteiger charge is -2.36. The zero-order valence-corrected chi connectivity index (χ0v) is 11.5. The van der Waals surface area contributed by atoms with Crippen molar-refractivity contribution in [2.45, 2.75) is 19.0 Å². The molecule has 6 nitrogen and oxygen atoms in total. The quantitative estimate of drug-likeness (QED) is 0.800. The number of nitrogens with zero attached hydrogens (tertiary/aromatic N) is 3. The molecule has 6 heteroatoms. The fourth-order valence-corrected chi connectivity index (χ4v) is 2.95. The van der Waals surface area contributed by atoms with Gasteiger partial charge in [0.1, 0.15) is 17.5 Å². The average molecular weight is 276 g/mol. The van der Waals surface area contributed by atoms with Crippen molar-refractivity contribution in [1.29, 1.82) is 0 Å². The molecule has 3 unspecified atom stereocenters. The van der Waals surface area contributed by atoms with Crippen LogP contribution in [0.15, 0.2) is 18.3 Å². The lowest BCUT2D eigenvalue weighted by molar-refractivity contribution is -0.128. The summed E-state index contributed by atoms with van der Waals surface area (Å²) in [5, 5.41) is 12.5. The van der Waals surface area contributed by atoms with E-state index >= 15 is 0 Å². The van der Waals surface area contributed by atoms with Crippen molar-refractivity contribution in [2.75, 3.05) is 32.7 Å². The molecule has 3 aliphatic heterocycles. The Balaban J connectivity index is 1.61. The topological polar surface area (TPSA) is 68.7 Å². The highest BCUT2D eigenvalue weighted by atomic mass is 16.3. The number of carbonyl (C=O) groups is 1. The standard InChI is InChI=1S/C14H20N4O2/c19-13-3-1-4-15-11(13)9-16-14(20)12-10-17-5-2-6-18(12)8-7-17/h1,3-4,12,19H,2,5-10H2,(H,16,20). The van der Waals surface area contributed by atoms with Crippen molar-refractivity contribution in [2.24, 2.45) is 0 Å². The molecule has 2 N–H and O–H groups in total. The Morgan fingerprint density at radius 3 is 3.15 bits per heavy atom. The summed E-state index contributed by atoms with van der Waals surface area (Å²) in [6, 6.07) is 3.18. The summed E-state index contributed by atoms with van der Waals surface area (Å²) in [6.07, 6.45) is 2.74. The minimum atomic E-state index is -0.0721. The molecule has 3 saturated heterocycles. The van der Waals surface area contributed by atoms with E-state index in [2.05, 4.69) is 20.1 Å². The number of hydrogen-bond donors (Lipinski definition) is 2. The molecular weight excluding hydrogens is 256 g/mol. The van der Waals surface area contributed by atoms with Crippen LogP contribution >= 0.6 is 0 Å². The highest BCUT2D eigenvalue weighted by Crippen LogP contribution is 2.16. The van der Waals surface area contributed by atoms with E-state index in [1.807, 2.05) is 0 Å². The molecule has 1 amide bonds. The van der Waals surface area contributed by atoms with E-state index in [4.69, 9.17) is 0 Å². The maximum Gasteiger partial charge on any atom is 0.239 e. The van der Waals surface area contributed by atoms with Crippen molar-refractivity contribution in [3.63, 3.8) is 0 Å². The summed E-state index contributed by atoms with van der Waals surface area (Å²) in [4.78, 5) is 21.0. The van der Waals surface area contributed by atoms with E-state index in [9.17, 15) is 9.90 Å². The summed E-state index contributed by atoms with van der Waals surface area (Å²) in [6.45, 7) is 5.18. The van der Waals surface area contributed by atoms with Gasteiger partial charge in [0, 0.05) is 32.4 Å². The first-order valence-electron chi connectivity index (χ1n) is 7.11. The van der Waals surface area contributed by atoms with Gasteiger partial charge in [-0.2, -0.15) is 0 Å². The molecule has 2 bridgehead atoms. The molecule has 3 aliphatic rings. The number of aromatic hydroxyl groups is 1. The Morgan fingerprint density at radius 2 is 2.30 bits per heavy atom. The highest BCUT2D eigenvalue weighted by molar-refractivity contribution is 5.82. The van der Waals surface area contributed by atoms with Crippen LogP contribution < -0.4 is 5.32 Å². The summed E-state index contributed by atoms with van der Waals surface area (Å²) >= 11 is 0. The molecule has 0 radical (unpaired) electrons. The molecule has 0 spiro atoms. The van der Waals surface area contributed by atoms with Crippen molar-refractivity contribution in [1.82, 2.24) is 20.1 Å². The lowest BCUT2D eigenvalue weighted by atomic mass is 10.1. The first-order valence-corrected chi connectivity index (χ1v) is 7.11. The van der Waals surface area contributed by atoms with Crippen LogP contribution in [-0.2, 0) is 11.3 Å². The predicted molar refractivity (Wildman–Crippen MR) is 74.2 cm³/mol. The number of nitrogens with one attached hydrogen (secondary N) is 1. The monoisotopic (exact) mass is 276 g/mol. The van der Waals surface area contributed by atoms with Crippen molar-refractivity contribution >= 4 is 5.91 Å². The van der Waals surface area contributed by atoms with Gasteiger partial charge < -0.3 is 10.4 Å². The van der Waals surface area contributed by atoms with Gasteiger partial charge in [-0.3, -0.25) is 19.6 Å². The van der Waals surface area contributed by atoms with Crippen LogP contribution in [0.5, 0.6) is 5.75 Å². The second-order valence-electron chi connectivity index (χ2n) is 5.39. The van der Waals surface area contributed by atoms with Gasteiger partial charge in [-0.1, -0.05) is 0 Å². The minimum absolute atomic E-state index is 0.0293. The first kappa shape index (κ1) is 13.3. The average Bonchev–Trinajstić information content (AvgIpc) is 2.81. The van der Waals surface area contributed by atoms with Crippen LogP contribution in [0.1, 0.15) is 12.1 Å². The third-order valence-electron chi connectivity index (χ3n) is 4.09. The largest absolute Gasteiger partial charge is 0.506 e. The lowest BCUT2D eigenvalue weighted by Crippen LogP contribution is -2.56. The van der Waals surface area contributed by atoms with Crippen molar-refractivity contribution in [3.8, 4) is 5.75 Å². The first-order chi connectivity index (χ1) is 9.74. The van der Waals surface area contributed by atoms with Crippen LogP contribution in [-0.4, -0.2) is 64.6 Å². The van der Waals surface area contributed by atoms with Gasteiger partial charge in [-0.15, -0.1) is 0 Å². The molecule has 108 valence electrons. The molecule has 1 aromatic rings. The molecule has 20 heavy (non-hydrogen) atoms. The van der Waals surface area contributed by atoms with E-state index in [0.717, 1.165) is 39.1 Å². The summed E-state index contributed by atoms with van der Waals surface area (Å²) < 4.78 is 0. The van der Waals surface area contributed by atoms with Crippen LogP contribution in [0, 0.1) is 0 Å². The maximum absolute atomic E-state index is 12.3. The Morgan fingerprint density at radius 1 is 1.40 bits per heavy atom. The molecule has 1 aromatic heterocycles. The molecule has 3 fully saturated rings. The van der Waals surface area contributed by atoms with Gasteiger partial charge in [-0.25, -0.2) is 0 Å². The van der Waals surface area contributed by atoms with Crippen LogP contribution in [0.25, 0.3) is 0 Å². The predicted octanol–water partition coefficient (Wildman–Crippen LogP) is -0.207. The highest BCUT2D eigenvalue weighted by Gasteiger charge is 2.34. The Hall–Kier alpha value is -1.66. The third kappa shape index (κ3) is 2.76. The summed E-state index contributed by atoms with van der Waals surface area (Å²) in [7, 11) is 0. The summed E-state index contributed by atoms with van der Waals surface area (Å²) in [5.41, 5.74) is 0.509. The number of piperazine rings is 1. The smallest absolute Gasteiger partial charge is 0.239 e. The summed E-state index contributed by atoms with van der Waals surface area (Å²) in [5.74, 6) is 0.154. The molecule has 4 rings (SSSR count). The number of carbonyl (C=O) groups excluding carboxylic acids is 1. The second-order valence-corrected chi connectivity index (χ2v) is 5.39. The number of amides is 1. The van der Waals surface area contributed by atoms with Gasteiger partial charge in [0.15, 0.2) is 0 Å². The van der Waals surface area contributed by atoms with Gasteiger partial charge >= 0.3 is 0 Å². The fourth-order valence-electron chi connectivity index (χ4n) is 2.95. The maximum atomic E-state index is 12.3. The van der Waals surface area contributed by atoms with Gasteiger partial charge in [-0.05, 0) is 25.1 Å². The second kappa shape index (κ2) is 5.76. The van der Waals surface area contributed by atoms with Crippen LogP contribution in [0.2, 0.25) is 0 Å². The van der Waals surface area contributed by atoms with E-state index in [1.54, 1.807) is 18.3 Å². The number of aromatic nitrogens is 1. The van der Waals surface area contributed by atoms with Crippen LogP contribution in [0.4, 0.5) is 0 Å². The van der Waals surface area contributed by atoms with E-state index in [-0.39, 0.29) is 24.2 Å². The van der Waals surface area contributed by atoms with Gasteiger partial charge in [0.05, 0.1) is 6.54 Å². The van der Waals surface area contributed by atoms with Gasteiger partial charge in [0.25, 0.3) is 0 Å². The van der Waals surface area contributed by atoms with Crippen molar-refractivity contribution in [3.05, 3.63) is 24.0 Å². The number of rotatable bonds is 3. The third-order valence-corrected chi connectivity index (χ3v) is 4.09. The van der Waals surface area contributed by atoms with Crippen molar-refractivity contribution < 1.29 is 9.90 Å². The Labute approximate surface area is 118 Å². The number of fused-ring (bicyclic) bond motifs is 4. The molecule has 0 aliphatic carbocycles. The normalized spacial score (nSPS) is 28.9. The zero-order chi connectivity index (χ0) is 13.9. The SMILES string of the molecule is O=C(NCc1ncccc1O)C1CN2CCCN1CC2. The minimum Gasteiger partial charge on any atom is -0.506 e. The fraction of sp³-hybridized carbons (Fsp3) is 0.571. The molecular formula is C14H20N4O2. The van der Waals surface area contributed by atoms with Crippen LogP contribution in [0.3, 0.4) is 0 Å². The molecule has 3 atom stereocenters. The molecule has 0 saturated carbocycles. The van der Waals surface area contributed by atoms with E-state index in [0.29, 0.717) is 5.69 Å². The Kier molecular flexibility index (Phi) is 3.84. The zero-order valence-electron chi connectivity index (χ0n) is 11.5. The molecule has 0 aromatic carbocycles. The number of hydrogen-bond acceptors (Lipinski definition) is 5.